The van der Waals surface area contributed by atoms with E-state index in [9.17, 15) is 8.78 Å². The Hall–Kier alpha value is -1.71. The molecule has 1 aromatic carbocycles. The molecule has 4 heteroatoms. The van der Waals surface area contributed by atoms with Gasteiger partial charge in [-0.1, -0.05) is 0 Å². The van der Waals surface area contributed by atoms with Crippen LogP contribution in [-0.2, 0) is 0 Å². The highest BCUT2D eigenvalue weighted by atomic mass is 19.1. The Morgan fingerprint density at radius 2 is 1.80 bits per heavy atom. The molecule has 0 fully saturated rings. The second-order valence-corrected chi connectivity index (χ2v) is 3.30. The number of nitrogens with zero attached hydrogens (tertiary/aromatic N) is 2. The van der Waals surface area contributed by atoms with Gasteiger partial charge in [-0.2, -0.15) is 0 Å². The minimum Gasteiger partial charge on any atom is -0.298 e. The molecular weight excluding hydrogens is 198 g/mol. The van der Waals surface area contributed by atoms with Crippen LogP contribution in [0.2, 0.25) is 0 Å². The Morgan fingerprint density at radius 1 is 1.20 bits per heavy atom. The van der Waals surface area contributed by atoms with E-state index < -0.39 is 11.6 Å². The van der Waals surface area contributed by atoms with Gasteiger partial charge in [0.15, 0.2) is 11.6 Å². The van der Waals surface area contributed by atoms with Crippen LogP contribution in [0.25, 0.3) is 5.69 Å². The molecule has 0 amide bonds. The Kier molecular flexibility index (Phi) is 2.26. The molecule has 0 aliphatic carbocycles. The van der Waals surface area contributed by atoms with Crippen molar-refractivity contribution in [1.29, 1.82) is 0 Å². The summed E-state index contributed by atoms with van der Waals surface area (Å²) in [6.45, 7) is 3.47. The summed E-state index contributed by atoms with van der Waals surface area (Å²) >= 11 is 0. The number of benzene rings is 1. The molecule has 0 bridgehead atoms. The molecule has 0 aliphatic heterocycles. The summed E-state index contributed by atoms with van der Waals surface area (Å²) in [6.07, 6.45) is 1.59. The van der Waals surface area contributed by atoms with Gasteiger partial charge in [-0.05, 0) is 32.0 Å². The van der Waals surface area contributed by atoms with Crippen LogP contribution in [0.3, 0.4) is 0 Å². The van der Waals surface area contributed by atoms with E-state index in [1.165, 1.54) is 4.57 Å². The van der Waals surface area contributed by atoms with Crippen molar-refractivity contribution in [2.24, 2.45) is 0 Å². The molecule has 0 N–H and O–H groups in total. The molecule has 0 unspecified atom stereocenters. The van der Waals surface area contributed by atoms with Crippen molar-refractivity contribution >= 4 is 0 Å². The predicted octanol–water partition coefficient (Wildman–Crippen LogP) is 2.57. The van der Waals surface area contributed by atoms with Crippen LogP contribution in [0.15, 0.2) is 18.3 Å². The number of halogens is 2. The van der Waals surface area contributed by atoms with E-state index >= 15 is 0 Å². The van der Waals surface area contributed by atoms with Crippen molar-refractivity contribution in [1.82, 2.24) is 9.55 Å². The number of aromatic nitrogens is 2. The van der Waals surface area contributed by atoms with Gasteiger partial charge in [0.25, 0.3) is 0 Å². The lowest BCUT2D eigenvalue weighted by Gasteiger charge is -2.06. The van der Waals surface area contributed by atoms with Crippen LogP contribution in [-0.4, -0.2) is 9.55 Å². The van der Waals surface area contributed by atoms with Gasteiger partial charge >= 0.3 is 0 Å². The van der Waals surface area contributed by atoms with Gasteiger partial charge < -0.3 is 0 Å². The monoisotopic (exact) mass is 207 g/mol. The van der Waals surface area contributed by atoms with E-state index in [0.29, 0.717) is 5.82 Å². The minimum atomic E-state index is -0.643. The van der Waals surface area contributed by atoms with Crippen LogP contribution in [0, 0.1) is 31.5 Å². The van der Waals surface area contributed by atoms with Crippen molar-refractivity contribution in [3.8, 4) is 5.69 Å². The fourth-order valence-electron chi connectivity index (χ4n) is 1.51. The lowest BCUT2D eigenvalue weighted by Crippen LogP contribution is -2.02. The Labute approximate surface area is 86.2 Å². The van der Waals surface area contributed by atoms with Crippen molar-refractivity contribution in [3.05, 3.63) is 47.5 Å². The van der Waals surface area contributed by atoms with Crippen molar-refractivity contribution in [2.45, 2.75) is 13.8 Å². The summed E-state index contributed by atoms with van der Waals surface area (Å²) in [6, 6.07) is 4.59. The van der Waals surface area contributed by atoms with E-state index in [1.54, 1.807) is 20.0 Å². The van der Waals surface area contributed by atoms with Crippen LogP contribution in [0.4, 0.5) is 8.78 Å². The maximum absolute atomic E-state index is 13.4. The molecule has 77 valence electrons. The zero-order valence-electron chi connectivity index (χ0n) is 8.38. The summed E-state index contributed by atoms with van der Waals surface area (Å²) in [7, 11) is 0. The first-order chi connectivity index (χ1) is 7.09. The van der Waals surface area contributed by atoms with Gasteiger partial charge in [0.1, 0.15) is 11.5 Å². The quantitative estimate of drug-likeness (QED) is 0.702. The summed E-state index contributed by atoms with van der Waals surface area (Å²) in [5, 5.41) is 0. The van der Waals surface area contributed by atoms with Gasteiger partial charge in [0.2, 0.25) is 0 Å². The van der Waals surface area contributed by atoms with Crippen LogP contribution in [0.1, 0.15) is 11.5 Å². The maximum Gasteiger partial charge on any atom is 0.150 e. The second-order valence-electron chi connectivity index (χ2n) is 3.30. The van der Waals surface area contributed by atoms with E-state index in [1.807, 2.05) is 0 Å². The highest BCUT2D eigenvalue weighted by Crippen LogP contribution is 2.19. The minimum absolute atomic E-state index is 0.105. The Bertz CT molecular complexity index is 483. The molecule has 0 aliphatic rings. The van der Waals surface area contributed by atoms with Crippen molar-refractivity contribution in [2.75, 3.05) is 0 Å². The molecule has 1 radical (unpaired) electrons. The second kappa shape index (κ2) is 3.46. The van der Waals surface area contributed by atoms with Crippen molar-refractivity contribution in [3.63, 3.8) is 0 Å². The van der Waals surface area contributed by atoms with E-state index in [0.717, 1.165) is 17.8 Å². The molecule has 1 aromatic heterocycles. The van der Waals surface area contributed by atoms with Gasteiger partial charge in [-0.3, -0.25) is 4.57 Å². The zero-order chi connectivity index (χ0) is 11.0. The molecule has 0 spiro atoms. The van der Waals surface area contributed by atoms with E-state index in [-0.39, 0.29) is 5.69 Å². The summed E-state index contributed by atoms with van der Waals surface area (Å²) in [4.78, 5) is 4.09. The van der Waals surface area contributed by atoms with Crippen molar-refractivity contribution < 1.29 is 8.78 Å². The SMILES string of the molecule is Cc1cn(-c2c(F)c[c]cc2F)c(C)n1. The highest BCUT2D eigenvalue weighted by Gasteiger charge is 2.13. The third-order valence-electron chi connectivity index (χ3n) is 2.12. The average molecular weight is 207 g/mol. The Balaban J connectivity index is 2.68. The van der Waals surface area contributed by atoms with Gasteiger partial charge in [-0.15, -0.1) is 0 Å². The molecule has 0 saturated heterocycles. The lowest BCUT2D eigenvalue weighted by molar-refractivity contribution is 0.566. The van der Waals surface area contributed by atoms with Gasteiger partial charge in [0.05, 0.1) is 5.69 Å². The highest BCUT2D eigenvalue weighted by molar-refractivity contribution is 5.36. The smallest absolute Gasteiger partial charge is 0.150 e. The van der Waals surface area contributed by atoms with Gasteiger partial charge in [-0.25, -0.2) is 13.8 Å². The largest absolute Gasteiger partial charge is 0.298 e. The first-order valence-corrected chi connectivity index (χ1v) is 4.47. The third-order valence-corrected chi connectivity index (χ3v) is 2.12. The van der Waals surface area contributed by atoms with Crippen LogP contribution in [0.5, 0.6) is 0 Å². The molecule has 0 saturated carbocycles. The molecule has 1 heterocycles. The summed E-state index contributed by atoms with van der Waals surface area (Å²) in [5.74, 6) is -0.734. The first kappa shape index (κ1) is 9.83. The molecule has 15 heavy (non-hydrogen) atoms. The Morgan fingerprint density at radius 3 is 2.27 bits per heavy atom. The molecular formula is C11H9F2N2. The van der Waals surface area contributed by atoms with Crippen LogP contribution < -0.4 is 0 Å². The van der Waals surface area contributed by atoms with E-state index in [4.69, 9.17) is 0 Å². The number of imidazole rings is 1. The van der Waals surface area contributed by atoms with Crippen LogP contribution >= 0.6 is 0 Å². The fraction of sp³-hybridized carbons (Fsp3) is 0.182. The zero-order valence-corrected chi connectivity index (χ0v) is 8.38. The van der Waals surface area contributed by atoms with Gasteiger partial charge in [0, 0.05) is 6.20 Å². The average Bonchev–Trinajstić information content (AvgIpc) is 2.45. The molecule has 2 aromatic rings. The first-order valence-electron chi connectivity index (χ1n) is 4.47. The standard InChI is InChI=1S/C11H9F2N2/c1-7-6-15(8(2)14-7)11-9(12)4-3-5-10(11)13/h4-6H,1-2H3. The number of rotatable bonds is 1. The third kappa shape index (κ3) is 1.63. The topological polar surface area (TPSA) is 17.8 Å². The molecule has 2 rings (SSSR count). The summed E-state index contributed by atoms with van der Waals surface area (Å²) < 4.78 is 28.2. The summed E-state index contributed by atoms with van der Waals surface area (Å²) in [5.41, 5.74) is 0.617. The normalized spacial score (nSPS) is 10.7. The lowest BCUT2D eigenvalue weighted by atomic mass is 10.3. The number of hydrogen-bond acceptors (Lipinski definition) is 1. The molecule has 2 nitrogen and oxygen atoms in total. The fourth-order valence-corrected chi connectivity index (χ4v) is 1.51. The number of hydrogen-bond donors (Lipinski definition) is 0. The maximum atomic E-state index is 13.4. The number of aryl methyl sites for hydroxylation is 2. The van der Waals surface area contributed by atoms with E-state index in [2.05, 4.69) is 11.1 Å². The predicted molar refractivity (Wildman–Crippen MR) is 51.8 cm³/mol. The molecule has 0 atom stereocenters.